The Labute approximate surface area is 107 Å². The number of carbonyl (C=O) groups excluding carboxylic acids is 1. The maximum atomic E-state index is 11.9. The summed E-state index contributed by atoms with van der Waals surface area (Å²) in [5, 5.41) is 11.8. The molecule has 0 saturated carbocycles. The molecule has 0 aromatic carbocycles. The third kappa shape index (κ3) is 4.18. The Hall–Kier alpha value is -1.30. The standard InChI is InChI=1S/C12H22N2O4/c1-3-18-9(2)8-13-12(17)14-7-5-4-6-10(14)11(15)16/h9-10H,3-8H2,1-2H3,(H,13,17)(H,15,16). The zero-order valence-electron chi connectivity index (χ0n) is 11.0. The molecule has 2 N–H and O–H groups in total. The van der Waals surface area contributed by atoms with Crippen LogP contribution < -0.4 is 5.32 Å². The Morgan fingerprint density at radius 1 is 1.50 bits per heavy atom. The number of ether oxygens (including phenoxy) is 1. The van der Waals surface area contributed by atoms with Crippen molar-refractivity contribution in [3.8, 4) is 0 Å². The molecule has 0 aliphatic carbocycles. The minimum Gasteiger partial charge on any atom is -0.480 e. The summed E-state index contributed by atoms with van der Waals surface area (Å²) in [7, 11) is 0. The zero-order valence-corrected chi connectivity index (χ0v) is 11.0. The summed E-state index contributed by atoms with van der Waals surface area (Å²) in [4.78, 5) is 24.4. The van der Waals surface area contributed by atoms with E-state index in [0.29, 0.717) is 26.1 Å². The van der Waals surface area contributed by atoms with E-state index in [1.54, 1.807) is 0 Å². The predicted molar refractivity (Wildman–Crippen MR) is 66.5 cm³/mol. The van der Waals surface area contributed by atoms with Gasteiger partial charge in [-0.3, -0.25) is 0 Å². The Kier molecular flexibility index (Phi) is 5.91. The zero-order chi connectivity index (χ0) is 13.5. The van der Waals surface area contributed by atoms with Crippen molar-refractivity contribution in [2.75, 3.05) is 19.7 Å². The number of amides is 2. The fourth-order valence-corrected chi connectivity index (χ4v) is 2.11. The van der Waals surface area contributed by atoms with Gasteiger partial charge in [-0.25, -0.2) is 9.59 Å². The highest BCUT2D eigenvalue weighted by Crippen LogP contribution is 2.17. The van der Waals surface area contributed by atoms with Crippen LogP contribution in [0.15, 0.2) is 0 Å². The van der Waals surface area contributed by atoms with Crippen LogP contribution in [0.1, 0.15) is 33.1 Å². The molecule has 0 aromatic heterocycles. The third-order valence-corrected chi connectivity index (χ3v) is 3.04. The first-order chi connectivity index (χ1) is 8.56. The summed E-state index contributed by atoms with van der Waals surface area (Å²) in [5.74, 6) is -0.928. The van der Waals surface area contributed by atoms with Crippen LogP contribution in [-0.2, 0) is 9.53 Å². The fraction of sp³-hybridized carbons (Fsp3) is 0.833. The van der Waals surface area contributed by atoms with Crippen LogP contribution in [-0.4, -0.2) is 53.8 Å². The van der Waals surface area contributed by atoms with Crippen molar-refractivity contribution in [2.45, 2.75) is 45.3 Å². The van der Waals surface area contributed by atoms with Crippen LogP contribution >= 0.6 is 0 Å². The van der Waals surface area contributed by atoms with Gasteiger partial charge in [0.05, 0.1) is 6.10 Å². The molecule has 1 heterocycles. The van der Waals surface area contributed by atoms with Crippen LogP contribution in [0.4, 0.5) is 4.79 Å². The van der Waals surface area contributed by atoms with Crippen molar-refractivity contribution in [3.05, 3.63) is 0 Å². The third-order valence-electron chi connectivity index (χ3n) is 3.04. The molecular weight excluding hydrogens is 236 g/mol. The van der Waals surface area contributed by atoms with Gasteiger partial charge in [0.25, 0.3) is 0 Å². The van der Waals surface area contributed by atoms with Gasteiger partial charge in [0.1, 0.15) is 6.04 Å². The first-order valence-electron chi connectivity index (χ1n) is 6.45. The molecule has 0 spiro atoms. The minimum atomic E-state index is -0.928. The van der Waals surface area contributed by atoms with Gasteiger partial charge < -0.3 is 20.1 Å². The Bertz CT molecular complexity index is 296. The SMILES string of the molecule is CCOC(C)CNC(=O)N1CCCCC1C(=O)O. The number of urea groups is 1. The highest BCUT2D eigenvalue weighted by molar-refractivity contribution is 5.82. The first kappa shape index (κ1) is 14.8. The highest BCUT2D eigenvalue weighted by Gasteiger charge is 2.31. The number of aliphatic carboxylic acids is 1. The maximum Gasteiger partial charge on any atom is 0.326 e. The van der Waals surface area contributed by atoms with Gasteiger partial charge in [-0.1, -0.05) is 0 Å². The number of hydrogen-bond acceptors (Lipinski definition) is 3. The molecular formula is C12H22N2O4. The van der Waals surface area contributed by atoms with Crippen molar-refractivity contribution in [1.82, 2.24) is 10.2 Å². The van der Waals surface area contributed by atoms with Crippen LogP contribution in [0.3, 0.4) is 0 Å². The number of hydrogen-bond donors (Lipinski definition) is 2. The molecule has 1 rings (SSSR count). The van der Waals surface area contributed by atoms with E-state index in [1.165, 1.54) is 4.90 Å². The monoisotopic (exact) mass is 258 g/mol. The molecule has 6 nitrogen and oxygen atoms in total. The second-order valence-corrected chi connectivity index (χ2v) is 4.50. The summed E-state index contributed by atoms with van der Waals surface area (Å²) >= 11 is 0. The molecule has 6 heteroatoms. The first-order valence-corrected chi connectivity index (χ1v) is 6.45. The number of carbonyl (C=O) groups is 2. The Balaban J connectivity index is 2.45. The number of carboxylic acid groups (broad SMARTS) is 1. The molecule has 2 amide bonds. The van der Waals surface area contributed by atoms with Gasteiger partial charge >= 0.3 is 12.0 Å². The lowest BCUT2D eigenvalue weighted by Crippen LogP contribution is -2.52. The van der Waals surface area contributed by atoms with E-state index in [0.717, 1.165) is 12.8 Å². The average Bonchev–Trinajstić information content (AvgIpc) is 2.36. The quantitative estimate of drug-likeness (QED) is 0.773. The molecule has 1 aliphatic heterocycles. The van der Waals surface area contributed by atoms with Crippen molar-refractivity contribution in [2.24, 2.45) is 0 Å². The summed E-state index contributed by atoms with van der Waals surface area (Å²) in [6, 6.07) is -1.00. The molecule has 1 aliphatic rings. The summed E-state index contributed by atoms with van der Waals surface area (Å²) in [5.41, 5.74) is 0. The van der Waals surface area contributed by atoms with Crippen LogP contribution in [0.2, 0.25) is 0 Å². The Morgan fingerprint density at radius 2 is 2.22 bits per heavy atom. The van der Waals surface area contributed by atoms with Gasteiger partial charge in [-0.05, 0) is 33.1 Å². The molecule has 1 saturated heterocycles. The number of rotatable bonds is 5. The van der Waals surface area contributed by atoms with E-state index < -0.39 is 12.0 Å². The van der Waals surface area contributed by atoms with Crippen LogP contribution in [0, 0.1) is 0 Å². The summed E-state index contributed by atoms with van der Waals surface area (Å²) in [6.07, 6.45) is 2.19. The van der Waals surface area contributed by atoms with Gasteiger partial charge in [0, 0.05) is 19.7 Å². The van der Waals surface area contributed by atoms with E-state index in [2.05, 4.69) is 5.32 Å². The highest BCUT2D eigenvalue weighted by atomic mass is 16.5. The van der Waals surface area contributed by atoms with E-state index in [1.807, 2.05) is 13.8 Å². The number of likely N-dealkylation sites (tertiary alicyclic amines) is 1. The second kappa shape index (κ2) is 7.20. The number of carboxylic acids is 1. The summed E-state index contributed by atoms with van der Waals surface area (Å²) in [6.45, 7) is 5.26. The summed E-state index contributed by atoms with van der Waals surface area (Å²) < 4.78 is 5.30. The maximum absolute atomic E-state index is 11.9. The number of nitrogens with one attached hydrogen (secondary N) is 1. The van der Waals surface area contributed by atoms with Gasteiger partial charge in [-0.2, -0.15) is 0 Å². The number of nitrogens with zero attached hydrogens (tertiary/aromatic N) is 1. The van der Waals surface area contributed by atoms with Gasteiger partial charge in [0.15, 0.2) is 0 Å². The van der Waals surface area contributed by atoms with E-state index in [9.17, 15) is 9.59 Å². The molecule has 2 atom stereocenters. The van der Waals surface area contributed by atoms with Crippen molar-refractivity contribution in [3.63, 3.8) is 0 Å². The Morgan fingerprint density at radius 3 is 2.83 bits per heavy atom. The van der Waals surface area contributed by atoms with Crippen LogP contribution in [0.5, 0.6) is 0 Å². The van der Waals surface area contributed by atoms with Gasteiger partial charge in [0.2, 0.25) is 0 Å². The molecule has 1 fully saturated rings. The van der Waals surface area contributed by atoms with Crippen molar-refractivity contribution in [1.29, 1.82) is 0 Å². The lowest BCUT2D eigenvalue weighted by atomic mass is 10.0. The largest absolute Gasteiger partial charge is 0.480 e. The van der Waals surface area contributed by atoms with Gasteiger partial charge in [-0.15, -0.1) is 0 Å². The molecule has 18 heavy (non-hydrogen) atoms. The van der Waals surface area contributed by atoms with E-state index >= 15 is 0 Å². The molecule has 0 aromatic rings. The molecule has 0 radical (unpaired) electrons. The smallest absolute Gasteiger partial charge is 0.326 e. The van der Waals surface area contributed by atoms with E-state index in [4.69, 9.17) is 9.84 Å². The van der Waals surface area contributed by atoms with Crippen LogP contribution in [0.25, 0.3) is 0 Å². The minimum absolute atomic E-state index is 0.0629. The lowest BCUT2D eigenvalue weighted by molar-refractivity contribution is -0.143. The fourth-order valence-electron chi connectivity index (χ4n) is 2.11. The molecule has 0 bridgehead atoms. The van der Waals surface area contributed by atoms with E-state index in [-0.39, 0.29) is 12.1 Å². The predicted octanol–water partition coefficient (Wildman–Crippen LogP) is 1.06. The topological polar surface area (TPSA) is 78.9 Å². The molecule has 104 valence electrons. The normalized spacial score (nSPS) is 21.4. The van der Waals surface area contributed by atoms with Crippen molar-refractivity contribution >= 4 is 12.0 Å². The second-order valence-electron chi connectivity index (χ2n) is 4.50. The molecule has 2 unspecified atom stereocenters. The average molecular weight is 258 g/mol. The lowest BCUT2D eigenvalue weighted by Gasteiger charge is -2.33. The van der Waals surface area contributed by atoms with Crippen molar-refractivity contribution < 1.29 is 19.4 Å². The number of piperidine rings is 1.